The molecule has 1 heterocycles. The normalized spacial score (nSPS) is 20.4. The second kappa shape index (κ2) is 14.3. The van der Waals surface area contributed by atoms with Gasteiger partial charge in [-0.3, -0.25) is 4.79 Å². The first kappa shape index (κ1) is 30.3. The van der Waals surface area contributed by atoms with Crippen LogP contribution < -0.4 is 10.5 Å². The first-order chi connectivity index (χ1) is 18.6. The van der Waals surface area contributed by atoms with Gasteiger partial charge in [0, 0.05) is 29.9 Å². The van der Waals surface area contributed by atoms with Crippen molar-refractivity contribution < 1.29 is 32.2 Å². The van der Waals surface area contributed by atoms with Crippen molar-refractivity contribution >= 4 is 11.7 Å². The maximum Gasteiger partial charge on any atom is 0.573 e. The lowest BCUT2D eigenvalue weighted by Gasteiger charge is -2.33. The highest BCUT2D eigenvalue weighted by Crippen LogP contribution is 2.34. The molecule has 3 rings (SSSR count). The molecule has 0 radical (unpaired) electrons. The van der Waals surface area contributed by atoms with Gasteiger partial charge in [-0.05, 0) is 81.4 Å². The predicted octanol–water partition coefficient (Wildman–Crippen LogP) is 6.71. The van der Waals surface area contributed by atoms with Crippen molar-refractivity contribution in [2.75, 3.05) is 19.8 Å². The quantitative estimate of drug-likeness (QED) is 0.231. The molecule has 0 aromatic heterocycles. The summed E-state index contributed by atoms with van der Waals surface area (Å²) in [4.78, 5) is 13.8. The topological polar surface area (TPSA) is 74.0 Å². The maximum atomic E-state index is 12.6. The first-order valence-corrected chi connectivity index (χ1v) is 13.5. The zero-order valence-electron chi connectivity index (χ0n) is 22.9. The summed E-state index contributed by atoms with van der Waals surface area (Å²) in [5.41, 5.74) is 8.91. The molecule has 2 N–H and O–H groups in total. The molecule has 2 aliphatic rings. The number of hydrogen-bond acceptors (Lipinski definition) is 6. The van der Waals surface area contributed by atoms with Crippen molar-refractivity contribution in [1.29, 1.82) is 0 Å². The minimum absolute atomic E-state index is 0.0937. The summed E-state index contributed by atoms with van der Waals surface area (Å²) in [6, 6.07) is 5.75. The summed E-state index contributed by atoms with van der Waals surface area (Å²) in [5.74, 6) is 0.776. The van der Waals surface area contributed by atoms with E-state index in [1.807, 2.05) is 12.2 Å². The number of rotatable bonds is 12. The lowest BCUT2D eigenvalue weighted by atomic mass is 9.96. The van der Waals surface area contributed by atoms with Gasteiger partial charge in [-0.25, -0.2) is 0 Å². The van der Waals surface area contributed by atoms with E-state index in [4.69, 9.17) is 15.2 Å². The number of nitrogens with zero attached hydrogens (tertiary/aromatic N) is 1. The predicted molar refractivity (Wildman–Crippen MR) is 145 cm³/mol. The molecule has 3 atom stereocenters. The molecule has 1 aromatic carbocycles. The Morgan fingerprint density at radius 3 is 2.64 bits per heavy atom. The van der Waals surface area contributed by atoms with Crippen molar-refractivity contribution in [2.24, 2.45) is 17.6 Å². The fraction of sp³-hybridized carbons (Fsp3) is 0.500. The second-order valence-corrected chi connectivity index (χ2v) is 9.98. The Balaban J connectivity index is 1.67. The molecule has 0 spiro atoms. The molecule has 0 fully saturated rings. The van der Waals surface area contributed by atoms with E-state index in [9.17, 15) is 18.0 Å². The molecule has 1 aliphatic heterocycles. The number of alkyl halides is 3. The molecular formula is C30H39F3N2O4. The Hall–Kier alpha value is -3.20. The third-order valence-corrected chi connectivity index (χ3v) is 6.65. The molecule has 214 valence electrons. The van der Waals surface area contributed by atoms with Crippen molar-refractivity contribution in [2.45, 2.75) is 65.3 Å². The summed E-state index contributed by atoms with van der Waals surface area (Å²) < 4.78 is 53.1. The van der Waals surface area contributed by atoms with E-state index in [2.05, 4.69) is 41.7 Å². The van der Waals surface area contributed by atoms with Crippen LogP contribution in [0.4, 0.5) is 13.2 Å². The minimum atomic E-state index is -4.73. The molecule has 0 bridgehead atoms. The fourth-order valence-corrected chi connectivity index (χ4v) is 4.79. The van der Waals surface area contributed by atoms with Gasteiger partial charge in [-0.2, -0.15) is 0 Å². The van der Waals surface area contributed by atoms with Gasteiger partial charge in [0.1, 0.15) is 11.5 Å². The van der Waals surface area contributed by atoms with E-state index in [1.165, 1.54) is 12.1 Å². The molecule has 0 saturated carbocycles. The van der Waals surface area contributed by atoms with Gasteiger partial charge >= 0.3 is 12.3 Å². The van der Waals surface area contributed by atoms with Gasteiger partial charge in [0.2, 0.25) is 0 Å². The molecule has 0 saturated heterocycles. The summed E-state index contributed by atoms with van der Waals surface area (Å²) in [5, 5.41) is 0. The van der Waals surface area contributed by atoms with Crippen LogP contribution in [0.25, 0.3) is 5.70 Å². The van der Waals surface area contributed by atoms with Crippen LogP contribution in [0, 0.1) is 11.8 Å². The smallest absolute Gasteiger partial charge is 0.498 e. The van der Waals surface area contributed by atoms with Crippen LogP contribution >= 0.6 is 0 Å². The van der Waals surface area contributed by atoms with E-state index >= 15 is 0 Å². The molecule has 1 aromatic rings. The van der Waals surface area contributed by atoms with E-state index < -0.39 is 6.36 Å². The average molecular weight is 549 g/mol. The first-order valence-electron chi connectivity index (χ1n) is 13.5. The number of esters is 1. The molecule has 39 heavy (non-hydrogen) atoms. The Morgan fingerprint density at radius 1 is 1.21 bits per heavy atom. The molecule has 6 nitrogen and oxygen atoms in total. The van der Waals surface area contributed by atoms with Crippen LogP contribution in [-0.4, -0.2) is 43.0 Å². The summed E-state index contributed by atoms with van der Waals surface area (Å²) in [6.07, 6.45) is 8.90. The standard InChI is InChI=1S/C30H39F3N2O4/c1-4-37-29(36)19-25(34)9-7-17-38-28-10-6-5-8-24(28)20-35-22(3)18-21(2)11-16-27(35)23-12-14-26(15-13-23)39-30(31,32)33/h5-6,10,12-16,18,21,24-25H,4,7-9,11,17,19-20,34H2,1-3H3/t21?,24?,25-/m1/s1. The average Bonchev–Trinajstić information content (AvgIpc) is 3.00. The Labute approximate surface area is 229 Å². The third-order valence-electron chi connectivity index (χ3n) is 6.65. The largest absolute Gasteiger partial charge is 0.573 e. The SMILES string of the molecule is CCOC(=O)C[C@H](N)CCCOC1=CC=CCC1CN1C(C)=CC(C)CC=C1c1ccc(OC(F)(F)F)cc1. The van der Waals surface area contributed by atoms with Crippen molar-refractivity contribution in [1.82, 2.24) is 4.90 Å². The zero-order valence-corrected chi connectivity index (χ0v) is 22.9. The highest BCUT2D eigenvalue weighted by molar-refractivity contribution is 5.70. The number of allylic oxidation sites excluding steroid dienone is 6. The molecule has 2 unspecified atom stereocenters. The number of carbonyl (C=O) groups excluding carboxylic acids is 1. The van der Waals surface area contributed by atoms with Gasteiger partial charge in [-0.1, -0.05) is 31.2 Å². The van der Waals surface area contributed by atoms with Crippen LogP contribution in [0.1, 0.15) is 58.4 Å². The number of nitrogens with two attached hydrogens (primary N) is 1. The number of halogens is 3. The maximum absolute atomic E-state index is 12.6. The molecular weight excluding hydrogens is 509 g/mol. The van der Waals surface area contributed by atoms with Crippen LogP contribution in [0.2, 0.25) is 0 Å². The fourth-order valence-electron chi connectivity index (χ4n) is 4.79. The lowest BCUT2D eigenvalue weighted by Crippen LogP contribution is -2.29. The van der Waals surface area contributed by atoms with E-state index in [0.29, 0.717) is 38.5 Å². The van der Waals surface area contributed by atoms with Gasteiger partial charge < -0.3 is 24.8 Å². The summed E-state index contributed by atoms with van der Waals surface area (Å²) in [7, 11) is 0. The van der Waals surface area contributed by atoms with Gasteiger partial charge in [0.15, 0.2) is 0 Å². The van der Waals surface area contributed by atoms with Crippen molar-refractivity contribution in [3.05, 3.63) is 71.7 Å². The number of ether oxygens (including phenoxy) is 3. The summed E-state index contributed by atoms with van der Waals surface area (Å²) >= 11 is 0. The number of hydrogen-bond donors (Lipinski definition) is 1. The van der Waals surface area contributed by atoms with Crippen molar-refractivity contribution in [3.8, 4) is 5.75 Å². The van der Waals surface area contributed by atoms with Gasteiger partial charge in [0.25, 0.3) is 0 Å². The van der Waals surface area contributed by atoms with Crippen LogP contribution in [-0.2, 0) is 14.3 Å². The van der Waals surface area contributed by atoms with Crippen LogP contribution in [0.3, 0.4) is 0 Å². The third kappa shape index (κ3) is 9.80. The van der Waals surface area contributed by atoms with Gasteiger partial charge in [0.05, 0.1) is 19.6 Å². The van der Waals surface area contributed by atoms with Crippen LogP contribution in [0.5, 0.6) is 5.75 Å². The van der Waals surface area contributed by atoms with Gasteiger partial charge in [-0.15, -0.1) is 13.2 Å². The number of carbonyl (C=O) groups is 1. The van der Waals surface area contributed by atoms with E-state index in [1.54, 1.807) is 19.1 Å². The molecule has 1 aliphatic carbocycles. The zero-order chi connectivity index (χ0) is 28.4. The highest BCUT2D eigenvalue weighted by Gasteiger charge is 2.31. The molecule has 9 heteroatoms. The second-order valence-electron chi connectivity index (χ2n) is 9.98. The minimum Gasteiger partial charge on any atom is -0.498 e. The Morgan fingerprint density at radius 2 is 1.95 bits per heavy atom. The Bertz CT molecular complexity index is 1080. The van der Waals surface area contributed by atoms with E-state index in [-0.39, 0.29) is 30.1 Å². The van der Waals surface area contributed by atoms with E-state index in [0.717, 1.165) is 35.6 Å². The van der Waals surface area contributed by atoms with Crippen LogP contribution in [0.15, 0.2) is 66.1 Å². The monoisotopic (exact) mass is 548 g/mol. The lowest BCUT2D eigenvalue weighted by molar-refractivity contribution is -0.274. The highest BCUT2D eigenvalue weighted by atomic mass is 19.4. The van der Waals surface area contributed by atoms with Crippen molar-refractivity contribution in [3.63, 3.8) is 0 Å². The number of benzene rings is 1. The molecule has 0 amide bonds. The summed E-state index contributed by atoms with van der Waals surface area (Å²) in [6.45, 7) is 7.46. The Kier molecular flexibility index (Phi) is 11.1.